The maximum Gasteiger partial charge on any atom is 0.0723 e. The zero-order valence-corrected chi connectivity index (χ0v) is 35.0. The first-order chi connectivity index (χ1) is 29.1. The topological polar surface area (TPSA) is 29.6 Å². The van der Waals surface area contributed by atoms with Gasteiger partial charge < -0.3 is 4.57 Å². The molecule has 1 aliphatic heterocycles. The number of hydrogen-bond acceptors (Lipinski definition) is 4. The van der Waals surface area contributed by atoms with Crippen LogP contribution < -0.4 is 0 Å². The monoisotopic (exact) mass is 799 g/mol. The third-order valence-electron chi connectivity index (χ3n) is 10.3. The molecule has 0 bridgehead atoms. The number of allylic oxidation sites excluding steroid dienone is 14. The Bertz CT molecular complexity index is 2770. The van der Waals surface area contributed by atoms with Gasteiger partial charge in [-0.15, -0.1) is 0 Å². The Kier molecular flexibility index (Phi) is 12.6. The first-order valence-electron chi connectivity index (χ1n) is 19.9. The van der Waals surface area contributed by atoms with Gasteiger partial charge in [-0.3, -0.25) is 9.98 Å². The van der Waals surface area contributed by atoms with Gasteiger partial charge in [-0.05, 0) is 104 Å². The number of rotatable bonds is 12. The third kappa shape index (κ3) is 9.18. The van der Waals surface area contributed by atoms with Gasteiger partial charge in [-0.25, -0.2) is 0 Å². The van der Waals surface area contributed by atoms with Crippen LogP contribution in [-0.2, 0) is 6.42 Å². The molecule has 0 radical (unpaired) electrons. The molecule has 0 amide bonds. The van der Waals surface area contributed by atoms with E-state index >= 15 is 0 Å². The Hall–Kier alpha value is -6.40. The largest absolute Gasteiger partial charge is 0.314 e. The highest BCUT2D eigenvalue weighted by Crippen LogP contribution is 2.50. The fourth-order valence-electron chi connectivity index (χ4n) is 7.38. The summed E-state index contributed by atoms with van der Waals surface area (Å²) in [7, 11) is 0. The molecular weight excluding hydrogens is 755 g/mol. The SMILES string of the molecule is C=N\C(=C/C(=N/C=C\C=C(/C=C/C)c1ccc(-n2c(C)c(CC=CC3=CC=CCC=C3)c3cc4c(cc32)Sc2ccccc2S4)cc1)c1ccccc1)c1ccccc1. The van der Waals surface area contributed by atoms with Crippen LogP contribution >= 0.6 is 23.5 Å². The number of aromatic nitrogens is 1. The molecule has 0 saturated carbocycles. The number of nitrogens with zero attached hydrogens (tertiary/aromatic N) is 3. The Balaban J connectivity index is 1.12. The molecule has 0 unspecified atom stereocenters. The van der Waals surface area contributed by atoms with E-state index in [0.29, 0.717) is 0 Å². The average molecular weight is 800 g/mol. The van der Waals surface area contributed by atoms with Gasteiger partial charge in [0.15, 0.2) is 0 Å². The van der Waals surface area contributed by atoms with Gasteiger partial charge in [0.05, 0.1) is 16.9 Å². The Labute approximate surface area is 356 Å². The first-order valence-corrected chi connectivity index (χ1v) is 21.5. The van der Waals surface area contributed by atoms with E-state index in [-0.39, 0.29) is 0 Å². The number of benzene rings is 5. The van der Waals surface area contributed by atoms with Gasteiger partial charge in [0, 0.05) is 53.7 Å². The van der Waals surface area contributed by atoms with E-state index < -0.39 is 0 Å². The second-order valence-corrected chi connectivity index (χ2v) is 16.3. The minimum absolute atomic E-state index is 0.770. The quantitative estimate of drug-likeness (QED) is 0.0910. The summed E-state index contributed by atoms with van der Waals surface area (Å²) in [5.41, 5.74) is 12.0. The van der Waals surface area contributed by atoms with E-state index in [2.05, 4.69) is 164 Å². The van der Waals surface area contributed by atoms with E-state index in [1.807, 2.05) is 90.4 Å². The lowest BCUT2D eigenvalue weighted by Gasteiger charge is -2.19. The van der Waals surface area contributed by atoms with Gasteiger partial charge in [-0.1, -0.05) is 169 Å². The predicted molar refractivity (Wildman–Crippen MR) is 255 cm³/mol. The minimum atomic E-state index is 0.770. The number of aliphatic imine (C=N–C) groups is 2. The molecule has 0 saturated heterocycles. The molecule has 1 aliphatic carbocycles. The van der Waals surface area contributed by atoms with Crippen LogP contribution in [0.15, 0.2) is 236 Å². The first kappa shape index (κ1) is 39.4. The molecule has 0 atom stereocenters. The van der Waals surface area contributed by atoms with Crippen molar-refractivity contribution in [3.63, 3.8) is 0 Å². The molecular formula is C54H45N3S2. The highest BCUT2D eigenvalue weighted by atomic mass is 32.2. The van der Waals surface area contributed by atoms with Crippen molar-refractivity contribution in [2.75, 3.05) is 0 Å². The van der Waals surface area contributed by atoms with Crippen LogP contribution in [0.25, 0.3) is 27.9 Å². The van der Waals surface area contributed by atoms with Gasteiger partial charge in [0.25, 0.3) is 0 Å². The van der Waals surface area contributed by atoms with Crippen LogP contribution in [-0.4, -0.2) is 17.0 Å². The normalized spacial score (nSPS) is 14.6. The summed E-state index contributed by atoms with van der Waals surface area (Å²) in [6, 6.07) is 42.7. The van der Waals surface area contributed by atoms with E-state index in [4.69, 9.17) is 4.99 Å². The molecule has 2 aliphatic rings. The summed E-state index contributed by atoms with van der Waals surface area (Å²) in [5, 5.41) is 1.30. The van der Waals surface area contributed by atoms with E-state index in [1.165, 1.54) is 47.3 Å². The predicted octanol–water partition coefficient (Wildman–Crippen LogP) is 14.8. The van der Waals surface area contributed by atoms with Crippen molar-refractivity contribution in [1.82, 2.24) is 4.57 Å². The van der Waals surface area contributed by atoms with Crippen molar-refractivity contribution in [3.8, 4) is 5.69 Å². The van der Waals surface area contributed by atoms with Gasteiger partial charge in [0.2, 0.25) is 0 Å². The van der Waals surface area contributed by atoms with Gasteiger partial charge in [0.1, 0.15) is 0 Å². The van der Waals surface area contributed by atoms with Crippen LogP contribution in [0.1, 0.15) is 41.3 Å². The smallest absolute Gasteiger partial charge is 0.0723 e. The van der Waals surface area contributed by atoms with Crippen molar-refractivity contribution >= 4 is 58.1 Å². The van der Waals surface area contributed by atoms with Crippen molar-refractivity contribution in [3.05, 3.63) is 234 Å². The molecule has 6 aromatic rings. The van der Waals surface area contributed by atoms with E-state index in [0.717, 1.165) is 52.2 Å². The lowest BCUT2D eigenvalue weighted by atomic mass is 10.0. The molecule has 2 heterocycles. The maximum absolute atomic E-state index is 4.91. The molecule has 3 nitrogen and oxygen atoms in total. The van der Waals surface area contributed by atoms with Gasteiger partial charge >= 0.3 is 0 Å². The fourth-order valence-corrected chi connectivity index (χ4v) is 9.65. The molecule has 0 fully saturated rings. The summed E-state index contributed by atoms with van der Waals surface area (Å²) in [4.78, 5) is 14.5. The lowest BCUT2D eigenvalue weighted by Crippen LogP contribution is -1.98. The molecule has 5 heteroatoms. The Morgan fingerprint density at radius 3 is 2.19 bits per heavy atom. The number of fused-ring (bicyclic) bond motifs is 3. The molecule has 0 spiro atoms. The number of hydrogen-bond donors (Lipinski definition) is 0. The second-order valence-electron chi connectivity index (χ2n) is 14.2. The average Bonchev–Trinajstić information content (AvgIpc) is 3.39. The van der Waals surface area contributed by atoms with Crippen LogP contribution in [0.4, 0.5) is 0 Å². The standard InChI is InChI=1S/C54H45N3S2/c1-4-19-41(27-18-35-56-49(44-25-13-8-14-26-44)37-48(55-3)43-23-11-7-12-24-43)42-31-33-45(34-32-42)57-39(2)46(28-17-22-40-20-9-5-6-10-21-40)47-36-53-54(38-50(47)57)59-52-30-16-15-29-51(52)58-53/h4-5,7-27,29-38H,3,6,28H2,1-2H3/b19-4+,22-17?,35-18-,41-27+,48-37-,56-49-. The van der Waals surface area contributed by atoms with Crippen molar-refractivity contribution in [1.29, 1.82) is 0 Å². The van der Waals surface area contributed by atoms with Crippen LogP contribution in [0.2, 0.25) is 0 Å². The van der Waals surface area contributed by atoms with Crippen LogP contribution in [0, 0.1) is 6.92 Å². The molecule has 59 heavy (non-hydrogen) atoms. The molecule has 8 rings (SSSR count). The maximum atomic E-state index is 4.91. The summed E-state index contributed by atoms with van der Waals surface area (Å²) in [6.45, 7) is 8.16. The van der Waals surface area contributed by atoms with Gasteiger partial charge in [-0.2, -0.15) is 0 Å². The lowest BCUT2D eigenvalue weighted by molar-refractivity contribution is 1.02. The summed E-state index contributed by atoms with van der Waals surface area (Å²) < 4.78 is 2.44. The highest BCUT2D eigenvalue weighted by Gasteiger charge is 2.22. The fraction of sp³-hybridized carbons (Fsp3) is 0.0741. The zero-order valence-electron chi connectivity index (χ0n) is 33.3. The van der Waals surface area contributed by atoms with Crippen LogP contribution in [0.5, 0.6) is 0 Å². The molecule has 5 aromatic carbocycles. The summed E-state index contributed by atoms with van der Waals surface area (Å²) in [5.74, 6) is 0. The van der Waals surface area contributed by atoms with Crippen molar-refractivity contribution < 1.29 is 0 Å². The van der Waals surface area contributed by atoms with Crippen molar-refractivity contribution in [2.24, 2.45) is 9.98 Å². The third-order valence-corrected chi connectivity index (χ3v) is 12.8. The molecule has 288 valence electrons. The summed E-state index contributed by atoms with van der Waals surface area (Å²) in [6.07, 6.45) is 29.5. The molecule has 1 aromatic heterocycles. The second kappa shape index (κ2) is 18.9. The molecule has 0 N–H and O–H groups in total. The van der Waals surface area contributed by atoms with Crippen LogP contribution in [0.3, 0.4) is 0 Å². The Morgan fingerprint density at radius 2 is 1.47 bits per heavy atom. The zero-order chi connectivity index (χ0) is 40.4. The van der Waals surface area contributed by atoms with E-state index in [1.54, 1.807) is 0 Å². The minimum Gasteiger partial charge on any atom is -0.314 e. The highest BCUT2D eigenvalue weighted by molar-refractivity contribution is 8.05. The van der Waals surface area contributed by atoms with Crippen molar-refractivity contribution in [2.45, 2.75) is 46.3 Å². The van der Waals surface area contributed by atoms with E-state index in [9.17, 15) is 0 Å². The summed E-state index contributed by atoms with van der Waals surface area (Å²) >= 11 is 3.74. The Morgan fingerprint density at radius 1 is 0.780 bits per heavy atom.